The number of allylic oxidation sites excluding steroid dienone is 7. The lowest BCUT2D eigenvalue weighted by Gasteiger charge is -1.87. The van der Waals surface area contributed by atoms with Crippen molar-refractivity contribution in [2.45, 2.75) is 6.42 Å². The minimum Gasteiger partial charge on any atom is -0.102 e. The Balaban J connectivity index is 2.21. The molecule has 56 valence electrons. The van der Waals surface area contributed by atoms with Crippen LogP contribution in [-0.2, 0) is 0 Å². The summed E-state index contributed by atoms with van der Waals surface area (Å²) in [7, 11) is 0. The zero-order chi connectivity index (χ0) is 7.68. The minimum atomic E-state index is 0.669. The van der Waals surface area contributed by atoms with Gasteiger partial charge in [0, 0.05) is 5.92 Å². The Morgan fingerprint density at radius 3 is 3.09 bits per heavy atom. The van der Waals surface area contributed by atoms with Crippen LogP contribution < -0.4 is 0 Å². The molecule has 2 aliphatic carbocycles. The molecule has 0 heteroatoms. The van der Waals surface area contributed by atoms with Crippen LogP contribution in [-0.4, -0.2) is 0 Å². The van der Waals surface area contributed by atoms with E-state index in [0.717, 1.165) is 5.92 Å². The monoisotopic (exact) mass is 144 g/mol. The zero-order valence-electron chi connectivity index (χ0n) is 6.53. The van der Waals surface area contributed by atoms with Crippen molar-refractivity contribution in [1.29, 1.82) is 0 Å². The fourth-order valence-corrected chi connectivity index (χ4v) is 1.72. The summed E-state index contributed by atoms with van der Waals surface area (Å²) in [5, 5.41) is 0. The van der Waals surface area contributed by atoms with Crippen LogP contribution in [0.3, 0.4) is 0 Å². The lowest BCUT2D eigenvalue weighted by molar-refractivity contribution is 0.816. The van der Waals surface area contributed by atoms with Crippen molar-refractivity contribution in [3.8, 4) is 0 Å². The fourth-order valence-electron chi connectivity index (χ4n) is 1.72. The van der Waals surface area contributed by atoms with Gasteiger partial charge in [0.1, 0.15) is 0 Å². The molecule has 0 unspecified atom stereocenters. The van der Waals surface area contributed by atoms with Gasteiger partial charge in [0.05, 0.1) is 0 Å². The minimum absolute atomic E-state index is 0.669. The molecule has 2 atom stereocenters. The first-order valence-electron chi connectivity index (χ1n) is 4.09. The van der Waals surface area contributed by atoms with Crippen molar-refractivity contribution in [3.05, 3.63) is 48.6 Å². The lowest BCUT2D eigenvalue weighted by atomic mass is 10.2. The first-order valence-corrected chi connectivity index (χ1v) is 4.09. The lowest BCUT2D eigenvalue weighted by Crippen LogP contribution is -1.74. The molecular formula is C11H12. The van der Waals surface area contributed by atoms with Crippen molar-refractivity contribution in [2.75, 3.05) is 0 Å². The number of fused-ring (bicyclic) bond motifs is 1. The second-order valence-corrected chi connectivity index (χ2v) is 3.08. The van der Waals surface area contributed by atoms with Crippen molar-refractivity contribution in [2.24, 2.45) is 11.8 Å². The predicted octanol–water partition coefficient (Wildman–Crippen LogP) is 2.86. The normalized spacial score (nSPS) is 33.3. The summed E-state index contributed by atoms with van der Waals surface area (Å²) >= 11 is 0. The van der Waals surface area contributed by atoms with E-state index in [1.54, 1.807) is 5.57 Å². The first-order chi connectivity index (χ1) is 5.43. The molecule has 0 aromatic rings. The predicted molar refractivity (Wildman–Crippen MR) is 48.2 cm³/mol. The molecule has 0 nitrogen and oxygen atoms in total. The summed E-state index contributed by atoms with van der Waals surface area (Å²) in [5.41, 5.74) is 1.56. The maximum Gasteiger partial charge on any atom is 0.00492 e. The molecule has 0 aromatic carbocycles. The molecule has 1 saturated carbocycles. The molecule has 0 heterocycles. The Bertz CT molecular complexity index is 253. The van der Waals surface area contributed by atoms with Crippen molar-refractivity contribution < 1.29 is 0 Å². The number of hydrogen-bond acceptors (Lipinski definition) is 0. The van der Waals surface area contributed by atoms with Crippen LogP contribution in [0.1, 0.15) is 6.42 Å². The third-order valence-electron chi connectivity index (χ3n) is 2.43. The van der Waals surface area contributed by atoms with Gasteiger partial charge in [-0.05, 0) is 12.3 Å². The Labute approximate surface area is 67.6 Å². The van der Waals surface area contributed by atoms with E-state index in [1.807, 2.05) is 0 Å². The van der Waals surface area contributed by atoms with Gasteiger partial charge in [0.15, 0.2) is 0 Å². The van der Waals surface area contributed by atoms with Gasteiger partial charge < -0.3 is 0 Å². The van der Waals surface area contributed by atoms with Gasteiger partial charge in [0.25, 0.3) is 0 Å². The van der Waals surface area contributed by atoms with E-state index >= 15 is 0 Å². The summed E-state index contributed by atoms with van der Waals surface area (Å²) < 4.78 is 0. The van der Waals surface area contributed by atoms with E-state index in [4.69, 9.17) is 0 Å². The van der Waals surface area contributed by atoms with Crippen LogP contribution in [0.2, 0.25) is 0 Å². The van der Waals surface area contributed by atoms with Gasteiger partial charge >= 0.3 is 0 Å². The van der Waals surface area contributed by atoms with E-state index in [0.29, 0.717) is 5.92 Å². The smallest absolute Gasteiger partial charge is 0.00492 e. The quantitative estimate of drug-likeness (QED) is 0.496. The van der Waals surface area contributed by atoms with Crippen molar-refractivity contribution >= 4 is 0 Å². The van der Waals surface area contributed by atoms with Gasteiger partial charge in [-0.15, -0.1) is 6.58 Å². The summed E-state index contributed by atoms with van der Waals surface area (Å²) in [6, 6.07) is 0. The molecule has 11 heavy (non-hydrogen) atoms. The van der Waals surface area contributed by atoms with Crippen LogP contribution in [0.15, 0.2) is 48.6 Å². The molecule has 0 radical (unpaired) electrons. The molecule has 0 N–H and O–H groups in total. The van der Waals surface area contributed by atoms with Gasteiger partial charge in [0.2, 0.25) is 0 Å². The molecule has 2 aliphatic rings. The maximum atomic E-state index is 3.82. The van der Waals surface area contributed by atoms with Crippen LogP contribution >= 0.6 is 0 Å². The van der Waals surface area contributed by atoms with Crippen molar-refractivity contribution in [3.63, 3.8) is 0 Å². The first kappa shape index (κ1) is 6.66. The molecule has 0 amide bonds. The van der Waals surface area contributed by atoms with Gasteiger partial charge in [-0.1, -0.05) is 42.0 Å². The number of hydrogen-bond donors (Lipinski definition) is 0. The van der Waals surface area contributed by atoms with Crippen LogP contribution in [0.25, 0.3) is 0 Å². The molecule has 0 bridgehead atoms. The summed E-state index contributed by atoms with van der Waals surface area (Å²) in [5.74, 6) is 1.44. The highest BCUT2D eigenvalue weighted by molar-refractivity contribution is 5.39. The molecule has 1 fully saturated rings. The Kier molecular flexibility index (Phi) is 1.54. The number of rotatable bonds is 1. The molecule has 0 aliphatic heterocycles. The average Bonchev–Trinajstić information content (AvgIpc) is 2.60. The third kappa shape index (κ3) is 1.09. The van der Waals surface area contributed by atoms with E-state index in [9.17, 15) is 0 Å². The third-order valence-corrected chi connectivity index (χ3v) is 2.43. The highest BCUT2D eigenvalue weighted by atomic mass is 14.4. The molecule has 2 rings (SSSR count). The molecule has 0 saturated heterocycles. The van der Waals surface area contributed by atoms with E-state index in [2.05, 4.69) is 43.0 Å². The summed E-state index contributed by atoms with van der Waals surface area (Å²) in [4.78, 5) is 0. The van der Waals surface area contributed by atoms with E-state index < -0.39 is 0 Å². The summed E-state index contributed by atoms with van der Waals surface area (Å²) in [6.07, 6.45) is 14.0. The largest absolute Gasteiger partial charge is 0.102 e. The molecule has 0 aromatic heterocycles. The van der Waals surface area contributed by atoms with E-state index in [-0.39, 0.29) is 0 Å². The SMILES string of the molecule is C=C[C@H]1C2=CC=CC=CC[C@H]21. The van der Waals surface area contributed by atoms with Gasteiger partial charge in [-0.25, -0.2) is 0 Å². The highest BCUT2D eigenvalue weighted by Gasteiger charge is 2.39. The topological polar surface area (TPSA) is 0 Å². The summed E-state index contributed by atoms with van der Waals surface area (Å²) in [6.45, 7) is 3.82. The highest BCUT2D eigenvalue weighted by Crippen LogP contribution is 2.49. The molecular weight excluding hydrogens is 132 g/mol. The molecule has 0 spiro atoms. The van der Waals surface area contributed by atoms with Crippen LogP contribution in [0.5, 0.6) is 0 Å². The average molecular weight is 144 g/mol. The maximum absolute atomic E-state index is 3.82. The zero-order valence-corrected chi connectivity index (χ0v) is 6.53. The standard InChI is InChI=1S/C11H12/c1-2-9-10-7-5-3-4-6-8-11(9)10/h2-7,9,11H,1,8H2/t9-,11-/m0/s1. The fraction of sp³-hybridized carbons (Fsp3) is 0.273. The second kappa shape index (κ2) is 2.54. The van der Waals surface area contributed by atoms with Crippen LogP contribution in [0.4, 0.5) is 0 Å². The Hall–Kier alpha value is -1.04. The van der Waals surface area contributed by atoms with Gasteiger partial charge in [-0.3, -0.25) is 0 Å². The second-order valence-electron chi connectivity index (χ2n) is 3.08. The van der Waals surface area contributed by atoms with E-state index in [1.165, 1.54) is 6.42 Å². The van der Waals surface area contributed by atoms with Gasteiger partial charge in [-0.2, -0.15) is 0 Å². The Morgan fingerprint density at radius 1 is 1.36 bits per heavy atom. The van der Waals surface area contributed by atoms with Crippen LogP contribution in [0, 0.1) is 11.8 Å². The Morgan fingerprint density at radius 2 is 2.27 bits per heavy atom. The van der Waals surface area contributed by atoms with Crippen molar-refractivity contribution in [1.82, 2.24) is 0 Å².